The molecule has 2 rings (SSSR count). The summed E-state index contributed by atoms with van der Waals surface area (Å²) in [7, 11) is -0.615. The Bertz CT molecular complexity index is 673. The normalized spacial score (nSPS) is 17.2. The Morgan fingerprint density at radius 2 is 1.96 bits per heavy atom. The van der Waals surface area contributed by atoms with E-state index in [0.717, 1.165) is 4.31 Å². The van der Waals surface area contributed by atoms with Crippen LogP contribution in [-0.2, 0) is 19.6 Å². The number of carbonyl (C=O) groups excluding carboxylic acids is 1. The van der Waals surface area contributed by atoms with Gasteiger partial charge in [0.25, 0.3) is 0 Å². The predicted molar refractivity (Wildman–Crippen MR) is 94.7 cm³/mol. The van der Waals surface area contributed by atoms with Gasteiger partial charge in [0.2, 0.25) is 15.9 Å². The summed E-state index contributed by atoms with van der Waals surface area (Å²) in [4.78, 5) is 12.7. The summed E-state index contributed by atoms with van der Waals surface area (Å²) < 4.78 is 30.8. The van der Waals surface area contributed by atoms with Gasteiger partial charge in [-0.2, -0.15) is 0 Å². The van der Waals surface area contributed by atoms with Gasteiger partial charge in [-0.25, -0.2) is 12.7 Å². The van der Waals surface area contributed by atoms with E-state index >= 15 is 0 Å². The van der Waals surface area contributed by atoms with Crippen LogP contribution in [0.4, 0.5) is 5.69 Å². The zero-order chi connectivity index (χ0) is 17.1. The molecule has 1 heterocycles. The Morgan fingerprint density at radius 1 is 1.33 bits per heavy atom. The standard InChI is InChI=1S/C15H23N3O4S.ClH/c1-18(2)23(20,21)13-5-3-4-12(10-13)17-14(19)15(11-16)6-8-22-9-7-15;/h3-5,10H,6-9,11,16H2,1-2H3,(H,17,19);1H. The fraction of sp³-hybridized carbons (Fsp3) is 0.533. The first-order valence-electron chi connectivity index (χ1n) is 7.44. The highest BCUT2D eigenvalue weighted by molar-refractivity contribution is 7.89. The summed E-state index contributed by atoms with van der Waals surface area (Å²) >= 11 is 0. The number of nitrogens with two attached hydrogens (primary N) is 1. The fourth-order valence-electron chi connectivity index (χ4n) is 2.49. The van der Waals surface area contributed by atoms with Gasteiger partial charge >= 0.3 is 0 Å². The summed E-state index contributed by atoms with van der Waals surface area (Å²) in [5.41, 5.74) is 5.60. The second kappa shape index (κ2) is 8.26. The highest BCUT2D eigenvalue weighted by Gasteiger charge is 2.38. The summed E-state index contributed by atoms with van der Waals surface area (Å²) in [5, 5.41) is 2.80. The number of nitrogens with one attached hydrogen (secondary N) is 1. The molecule has 0 saturated carbocycles. The molecule has 136 valence electrons. The number of halogens is 1. The van der Waals surface area contributed by atoms with E-state index in [-0.39, 0.29) is 29.8 Å². The molecule has 1 fully saturated rings. The van der Waals surface area contributed by atoms with Crippen LogP contribution in [0.5, 0.6) is 0 Å². The summed E-state index contributed by atoms with van der Waals surface area (Å²) in [5.74, 6) is -0.192. The van der Waals surface area contributed by atoms with E-state index in [2.05, 4.69) is 5.32 Å². The SMILES string of the molecule is CN(C)S(=O)(=O)c1cccc(NC(=O)C2(CN)CCOCC2)c1.Cl. The second-order valence-electron chi connectivity index (χ2n) is 5.87. The maximum atomic E-state index is 12.6. The molecule has 24 heavy (non-hydrogen) atoms. The summed E-state index contributed by atoms with van der Waals surface area (Å²) in [6.07, 6.45) is 1.12. The lowest BCUT2D eigenvalue weighted by Crippen LogP contribution is -2.46. The minimum atomic E-state index is -3.54. The molecule has 1 aliphatic heterocycles. The average molecular weight is 378 g/mol. The molecular weight excluding hydrogens is 354 g/mol. The smallest absolute Gasteiger partial charge is 0.242 e. The van der Waals surface area contributed by atoms with Gasteiger partial charge in [0.15, 0.2) is 0 Å². The molecule has 0 aromatic heterocycles. The molecule has 1 saturated heterocycles. The molecule has 3 N–H and O–H groups in total. The third-order valence-electron chi connectivity index (χ3n) is 4.19. The van der Waals surface area contributed by atoms with E-state index in [4.69, 9.17) is 10.5 Å². The largest absolute Gasteiger partial charge is 0.381 e. The minimum Gasteiger partial charge on any atom is -0.381 e. The van der Waals surface area contributed by atoms with Crippen LogP contribution in [0.25, 0.3) is 0 Å². The lowest BCUT2D eigenvalue weighted by atomic mass is 9.79. The van der Waals surface area contributed by atoms with E-state index in [1.165, 1.54) is 26.2 Å². The van der Waals surface area contributed by atoms with Crippen molar-refractivity contribution in [3.63, 3.8) is 0 Å². The van der Waals surface area contributed by atoms with Crippen molar-refractivity contribution in [3.05, 3.63) is 24.3 Å². The topological polar surface area (TPSA) is 102 Å². The average Bonchev–Trinajstić information content (AvgIpc) is 2.55. The Balaban J connectivity index is 0.00000288. The van der Waals surface area contributed by atoms with Gasteiger partial charge in [-0.05, 0) is 31.0 Å². The number of nitrogens with zero attached hydrogens (tertiary/aromatic N) is 1. The molecule has 9 heteroatoms. The van der Waals surface area contributed by atoms with Crippen LogP contribution in [0.3, 0.4) is 0 Å². The maximum absolute atomic E-state index is 12.6. The molecule has 1 aliphatic rings. The number of ether oxygens (including phenoxy) is 1. The third kappa shape index (κ3) is 4.25. The lowest BCUT2D eigenvalue weighted by Gasteiger charge is -2.34. The zero-order valence-electron chi connectivity index (χ0n) is 13.8. The van der Waals surface area contributed by atoms with E-state index in [1.807, 2.05) is 0 Å². The van der Waals surface area contributed by atoms with E-state index in [0.29, 0.717) is 31.7 Å². The van der Waals surface area contributed by atoms with Crippen molar-refractivity contribution >= 4 is 34.0 Å². The van der Waals surface area contributed by atoms with E-state index < -0.39 is 15.4 Å². The quantitative estimate of drug-likeness (QED) is 0.798. The Morgan fingerprint density at radius 3 is 2.50 bits per heavy atom. The number of anilines is 1. The molecule has 7 nitrogen and oxygen atoms in total. The molecule has 1 amide bonds. The monoisotopic (exact) mass is 377 g/mol. The van der Waals surface area contributed by atoms with Gasteiger partial charge < -0.3 is 15.8 Å². The summed E-state index contributed by atoms with van der Waals surface area (Å²) in [6.45, 7) is 1.23. The first kappa shape index (κ1) is 20.9. The summed E-state index contributed by atoms with van der Waals surface area (Å²) in [6, 6.07) is 6.22. The molecule has 0 atom stereocenters. The van der Waals surface area contributed by atoms with Crippen molar-refractivity contribution in [1.82, 2.24) is 4.31 Å². The van der Waals surface area contributed by atoms with E-state index in [1.54, 1.807) is 12.1 Å². The van der Waals surface area contributed by atoms with Crippen LogP contribution in [0.2, 0.25) is 0 Å². The van der Waals surface area contributed by atoms with Crippen molar-refractivity contribution < 1.29 is 17.9 Å². The lowest BCUT2D eigenvalue weighted by molar-refractivity contribution is -0.130. The second-order valence-corrected chi connectivity index (χ2v) is 8.02. The van der Waals surface area contributed by atoms with Gasteiger partial charge in [0.05, 0.1) is 10.3 Å². The van der Waals surface area contributed by atoms with Crippen LogP contribution < -0.4 is 11.1 Å². The Labute approximate surface area is 149 Å². The van der Waals surface area contributed by atoms with Gasteiger partial charge in [-0.3, -0.25) is 4.79 Å². The molecule has 0 bridgehead atoms. The Kier molecular flexibility index (Phi) is 7.18. The van der Waals surface area contributed by atoms with Crippen LogP contribution >= 0.6 is 12.4 Å². The first-order valence-corrected chi connectivity index (χ1v) is 8.88. The number of hydrogen-bond acceptors (Lipinski definition) is 5. The minimum absolute atomic E-state index is 0. The van der Waals surface area contributed by atoms with Crippen LogP contribution in [0.15, 0.2) is 29.2 Å². The number of rotatable bonds is 5. The van der Waals surface area contributed by atoms with Crippen molar-refractivity contribution in [1.29, 1.82) is 0 Å². The van der Waals surface area contributed by atoms with Crippen LogP contribution in [0, 0.1) is 5.41 Å². The number of hydrogen-bond donors (Lipinski definition) is 2. The molecule has 1 aromatic carbocycles. The van der Waals surface area contributed by atoms with Crippen molar-refractivity contribution in [2.75, 3.05) is 39.2 Å². The molecular formula is C15H24ClN3O4S. The predicted octanol–water partition coefficient (Wildman–Crippen LogP) is 1.05. The maximum Gasteiger partial charge on any atom is 0.242 e. The molecule has 0 unspecified atom stereocenters. The van der Waals surface area contributed by atoms with Gasteiger partial charge in [-0.1, -0.05) is 6.07 Å². The molecule has 1 aromatic rings. The van der Waals surface area contributed by atoms with Gasteiger partial charge in [0.1, 0.15) is 0 Å². The van der Waals surface area contributed by atoms with Gasteiger partial charge in [0, 0.05) is 39.5 Å². The number of amides is 1. The first-order chi connectivity index (χ1) is 10.8. The molecule has 0 spiro atoms. The van der Waals surface area contributed by atoms with Crippen LogP contribution in [0.1, 0.15) is 12.8 Å². The third-order valence-corrected chi connectivity index (χ3v) is 6.00. The fourth-order valence-corrected chi connectivity index (χ4v) is 3.44. The highest BCUT2D eigenvalue weighted by atomic mass is 35.5. The number of benzene rings is 1. The number of sulfonamides is 1. The van der Waals surface area contributed by atoms with Gasteiger partial charge in [-0.15, -0.1) is 12.4 Å². The Hall–Kier alpha value is -1.19. The molecule has 0 radical (unpaired) electrons. The number of carbonyl (C=O) groups is 1. The van der Waals surface area contributed by atoms with Crippen molar-refractivity contribution in [3.8, 4) is 0 Å². The van der Waals surface area contributed by atoms with Crippen LogP contribution in [-0.4, -0.2) is 52.5 Å². The van der Waals surface area contributed by atoms with Crippen molar-refractivity contribution in [2.45, 2.75) is 17.7 Å². The van der Waals surface area contributed by atoms with Crippen molar-refractivity contribution in [2.24, 2.45) is 11.1 Å². The zero-order valence-corrected chi connectivity index (χ0v) is 15.5. The van der Waals surface area contributed by atoms with E-state index in [9.17, 15) is 13.2 Å². The molecule has 0 aliphatic carbocycles. The highest BCUT2D eigenvalue weighted by Crippen LogP contribution is 2.31.